The lowest BCUT2D eigenvalue weighted by Crippen LogP contribution is -2.82. The van der Waals surface area contributed by atoms with E-state index in [0.29, 0.717) is 18.4 Å². The van der Waals surface area contributed by atoms with E-state index < -0.39 is 45.3 Å². The van der Waals surface area contributed by atoms with Crippen LogP contribution in [0.4, 0.5) is 0 Å². The van der Waals surface area contributed by atoms with Gasteiger partial charge in [0.2, 0.25) is 5.54 Å². The van der Waals surface area contributed by atoms with Gasteiger partial charge in [-0.15, -0.1) is 11.8 Å². The van der Waals surface area contributed by atoms with Crippen LogP contribution in [-0.4, -0.2) is 55.3 Å². The van der Waals surface area contributed by atoms with Gasteiger partial charge in [0.05, 0.1) is 0 Å². The molecule has 2 N–H and O–H groups in total. The molecule has 0 radical (unpaired) electrons. The van der Waals surface area contributed by atoms with Crippen molar-refractivity contribution in [1.29, 1.82) is 0 Å². The van der Waals surface area contributed by atoms with E-state index in [1.807, 2.05) is 32.0 Å². The molecule has 2 aliphatic heterocycles. The fourth-order valence-corrected chi connectivity index (χ4v) is 6.12. The first kappa shape index (κ1) is 21.4. The SMILES string of the molecule is CCc1cccc(CC)c1C(=O)NC1(C(C)=O)C(=O)N2[C@@H](C(=O)O)C(C)(C)S[C@@H]21. The van der Waals surface area contributed by atoms with Gasteiger partial charge in [0, 0.05) is 10.3 Å². The summed E-state index contributed by atoms with van der Waals surface area (Å²) in [7, 11) is 0. The average molecular weight is 419 g/mol. The van der Waals surface area contributed by atoms with Crippen molar-refractivity contribution in [3.63, 3.8) is 0 Å². The smallest absolute Gasteiger partial charge is 0.327 e. The van der Waals surface area contributed by atoms with Crippen molar-refractivity contribution in [2.75, 3.05) is 0 Å². The Morgan fingerprint density at radius 3 is 2.17 bits per heavy atom. The number of carboxylic acid groups (broad SMARTS) is 1. The number of aliphatic carboxylic acids is 1. The van der Waals surface area contributed by atoms with Crippen molar-refractivity contribution in [3.8, 4) is 0 Å². The summed E-state index contributed by atoms with van der Waals surface area (Å²) in [6.45, 7) is 8.61. The molecule has 1 unspecified atom stereocenters. The van der Waals surface area contributed by atoms with Gasteiger partial charge >= 0.3 is 5.97 Å². The van der Waals surface area contributed by atoms with Crippen LogP contribution in [-0.2, 0) is 27.2 Å². The largest absolute Gasteiger partial charge is 0.480 e. The monoisotopic (exact) mass is 418 g/mol. The van der Waals surface area contributed by atoms with E-state index in [-0.39, 0.29) is 0 Å². The molecule has 156 valence electrons. The van der Waals surface area contributed by atoms with E-state index in [2.05, 4.69) is 5.32 Å². The maximum absolute atomic E-state index is 13.3. The molecule has 3 atom stereocenters. The summed E-state index contributed by atoms with van der Waals surface area (Å²) in [4.78, 5) is 52.0. The molecule has 1 aromatic carbocycles. The van der Waals surface area contributed by atoms with Gasteiger partial charge in [0.1, 0.15) is 11.4 Å². The number of rotatable bonds is 6. The fraction of sp³-hybridized carbons (Fsp3) is 0.524. The van der Waals surface area contributed by atoms with Crippen LogP contribution in [0.3, 0.4) is 0 Å². The summed E-state index contributed by atoms with van der Waals surface area (Å²) in [5.74, 6) is -2.73. The molecule has 7 nitrogen and oxygen atoms in total. The normalized spacial score (nSPS) is 27.2. The summed E-state index contributed by atoms with van der Waals surface area (Å²) < 4.78 is -0.788. The number of carbonyl (C=O) groups is 4. The number of carbonyl (C=O) groups excluding carboxylic acids is 3. The van der Waals surface area contributed by atoms with Gasteiger partial charge < -0.3 is 15.3 Å². The number of amides is 2. The number of Topliss-reactive ketones (excluding diaryl/α,β-unsaturated/α-hetero) is 1. The van der Waals surface area contributed by atoms with Crippen molar-refractivity contribution in [2.24, 2.45) is 0 Å². The first-order chi connectivity index (χ1) is 13.5. The van der Waals surface area contributed by atoms with Crippen molar-refractivity contribution < 1.29 is 24.3 Å². The summed E-state index contributed by atoms with van der Waals surface area (Å²) >= 11 is 1.24. The lowest BCUT2D eigenvalue weighted by Gasteiger charge is -2.51. The van der Waals surface area contributed by atoms with Crippen molar-refractivity contribution >= 4 is 35.3 Å². The molecule has 0 saturated carbocycles. The van der Waals surface area contributed by atoms with Crippen LogP contribution in [0, 0.1) is 0 Å². The Kier molecular flexibility index (Phi) is 5.28. The highest BCUT2D eigenvalue weighted by molar-refractivity contribution is 8.01. The summed E-state index contributed by atoms with van der Waals surface area (Å²) in [5.41, 5.74) is 0.426. The molecular formula is C21H26N2O5S. The fourth-order valence-electron chi connectivity index (χ4n) is 4.36. The number of hydrogen-bond donors (Lipinski definition) is 2. The zero-order chi connectivity index (χ0) is 21.7. The minimum absolute atomic E-state index is 0.473. The summed E-state index contributed by atoms with van der Waals surface area (Å²) in [5, 5.41) is 11.6. The maximum atomic E-state index is 13.3. The highest BCUT2D eigenvalue weighted by Gasteiger charge is 2.74. The number of thioether (sulfide) groups is 1. The molecule has 3 rings (SSSR count). The molecule has 2 heterocycles. The molecule has 2 fully saturated rings. The van der Waals surface area contributed by atoms with Gasteiger partial charge in [-0.25, -0.2) is 4.79 Å². The molecule has 2 saturated heterocycles. The van der Waals surface area contributed by atoms with Crippen molar-refractivity contribution in [2.45, 2.75) is 69.2 Å². The zero-order valence-electron chi connectivity index (χ0n) is 17.2. The van der Waals surface area contributed by atoms with Gasteiger partial charge in [-0.05, 0) is 44.7 Å². The predicted molar refractivity (Wildman–Crippen MR) is 110 cm³/mol. The Balaban J connectivity index is 2.02. The van der Waals surface area contributed by atoms with E-state index in [4.69, 9.17) is 0 Å². The Hall–Kier alpha value is -2.35. The lowest BCUT2D eigenvalue weighted by atomic mass is 9.81. The van der Waals surface area contributed by atoms with Crippen LogP contribution in [0.2, 0.25) is 0 Å². The Bertz CT molecular complexity index is 890. The number of ketones is 1. The minimum Gasteiger partial charge on any atom is -0.480 e. The molecule has 0 spiro atoms. The second-order valence-electron chi connectivity index (χ2n) is 8.00. The maximum Gasteiger partial charge on any atom is 0.327 e. The van der Waals surface area contributed by atoms with E-state index >= 15 is 0 Å². The molecule has 29 heavy (non-hydrogen) atoms. The molecule has 8 heteroatoms. The minimum atomic E-state index is -1.74. The summed E-state index contributed by atoms with van der Waals surface area (Å²) in [6.07, 6.45) is 1.27. The Morgan fingerprint density at radius 1 is 1.17 bits per heavy atom. The van der Waals surface area contributed by atoms with Gasteiger partial charge in [-0.3, -0.25) is 14.4 Å². The van der Waals surface area contributed by atoms with Gasteiger partial charge in [0.15, 0.2) is 5.78 Å². The number of aryl methyl sites for hydroxylation is 2. The third kappa shape index (κ3) is 2.96. The van der Waals surface area contributed by atoms with E-state index in [9.17, 15) is 24.3 Å². The van der Waals surface area contributed by atoms with E-state index in [1.165, 1.54) is 23.6 Å². The van der Waals surface area contributed by atoms with E-state index in [0.717, 1.165) is 11.1 Å². The van der Waals surface area contributed by atoms with Crippen LogP contribution >= 0.6 is 11.8 Å². The number of nitrogens with one attached hydrogen (secondary N) is 1. The molecule has 2 aliphatic rings. The number of carboxylic acids is 1. The highest BCUT2D eigenvalue weighted by Crippen LogP contribution is 2.55. The van der Waals surface area contributed by atoms with Crippen molar-refractivity contribution in [1.82, 2.24) is 10.2 Å². The van der Waals surface area contributed by atoms with Crippen LogP contribution in [0.1, 0.15) is 56.1 Å². The van der Waals surface area contributed by atoms with Crippen molar-refractivity contribution in [3.05, 3.63) is 34.9 Å². The Labute approximate surface area is 174 Å². The average Bonchev–Trinajstić information content (AvgIpc) is 2.93. The third-order valence-corrected chi connectivity index (χ3v) is 7.51. The third-order valence-electron chi connectivity index (χ3n) is 5.87. The van der Waals surface area contributed by atoms with E-state index in [1.54, 1.807) is 13.8 Å². The van der Waals surface area contributed by atoms with Crippen LogP contribution in [0.15, 0.2) is 18.2 Å². The van der Waals surface area contributed by atoms with Gasteiger partial charge in [-0.1, -0.05) is 32.0 Å². The van der Waals surface area contributed by atoms with Crippen LogP contribution < -0.4 is 5.32 Å². The number of β-lactam (4-membered cyclic amide) rings is 1. The van der Waals surface area contributed by atoms with Gasteiger partial charge in [-0.2, -0.15) is 0 Å². The molecular weight excluding hydrogens is 392 g/mol. The molecule has 2 amide bonds. The number of benzene rings is 1. The molecule has 0 aliphatic carbocycles. The highest BCUT2D eigenvalue weighted by atomic mass is 32.2. The predicted octanol–water partition coefficient (Wildman–Crippen LogP) is 2.02. The molecule has 1 aromatic rings. The van der Waals surface area contributed by atoms with Gasteiger partial charge in [0.25, 0.3) is 11.8 Å². The lowest BCUT2D eigenvalue weighted by molar-refractivity contribution is -0.170. The van der Waals surface area contributed by atoms with Crippen LogP contribution in [0.5, 0.6) is 0 Å². The van der Waals surface area contributed by atoms with Crippen LogP contribution in [0.25, 0.3) is 0 Å². The first-order valence-corrected chi connectivity index (χ1v) is 10.6. The quantitative estimate of drug-likeness (QED) is 0.541. The summed E-state index contributed by atoms with van der Waals surface area (Å²) in [6, 6.07) is 4.55. The second kappa shape index (κ2) is 7.16. The number of fused-ring (bicyclic) bond motifs is 1. The Morgan fingerprint density at radius 2 is 1.72 bits per heavy atom. The standard InChI is InChI=1S/C21H26N2O5S/c1-6-12-9-8-10-13(7-2)14(12)16(25)22-21(11(3)24)18(28)23-15(17(26)27)20(4,5)29-19(21)23/h8-10,15,19H,6-7H2,1-5H3,(H,22,25)(H,26,27)/t15-,19+,21?/m0/s1. The molecule has 0 aromatic heterocycles. The topological polar surface area (TPSA) is 104 Å². The first-order valence-electron chi connectivity index (χ1n) is 9.70. The number of hydrogen-bond acceptors (Lipinski definition) is 5. The molecule has 0 bridgehead atoms. The second-order valence-corrected chi connectivity index (χ2v) is 9.74. The number of nitrogens with zero attached hydrogens (tertiary/aromatic N) is 1. The zero-order valence-corrected chi connectivity index (χ0v) is 18.1.